The Balaban J connectivity index is 1.44. The predicted octanol–water partition coefficient (Wildman–Crippen LogP) is 3.18. The number of amides is 1. The van der Waals surface area contributed by atoms with Crippen molar-refractivity contribution in [2.45, 2.75) is 28.4 Å². The lowest BCUT2D eigenvalue weighted by Crippen LogP contribution is -2.44. The van der Waals surface area contributed by atoms with Gasteiger partial charge in [-0.2, -0.15) is 4.31 Å². The Hall–Kier alpha value is -0.980. The molecular formula is C18H21ClN2O5S4. The van der Waals surface area contributed by atoms with Gasteiger partial charge in [0.2, 0.25) is 0 Å². The molecule has 2 saturated heterocycles. The second kappa shape index (κ2) is 7.86. The molecule has 0 atom stereocenters. The molecule has 30 heavy (non-hydrogen) atoms. The van der Waals surface area contributed by atoms with Crippen LogP contribution in [0.5, 0.6) is 0 Å². The molecule has 2 fully saturated rings. The van der Waals surface area contributed by atoms with Crippen molar-refractivity contribution in [2.24, 2.45) is 5.41 Å². The highest BCUT2D eigenvalue weighted by atomic mass is 35.5. The summed E-state index contributed by atoms with van der Waals surface area (Å²) < 4.78 is 51.0. The van der Waals surface area contributed by atoms with Crippen molar-refractivity contribution in [3.8, 4) is 0 Å². The molecule has 0 aromatic carbocycles. The van der Waals surface area contributed by atoms with E-state index in [-0.39, 0.29) is 26.1 Å². The van der Waals surface area contributed by atoms with Crippen molar-refractivity contribution < 1.29 is 21.6 Å². The molecule has 12 heteroatoms. The standard InChI is InChI=1S/C18H21ClN2O5S4/c1-29(23,24)13-11-28-16(15(13)19)17(22)20-7-4-18(12-20)5-8-21(9-6-18)30(25,26)14-3-2-10-27-14/h2-3,10-11H,4-9,12H2,1H3. The highest BCUT2D eigenvalue weighted by molar-refractivity contribution is 7.91. The molecule has 164 valence electrons. The first-order valence-electron chi connectivity index (χ1n) is 9.34. The molecule has 0 bridgehead atoms. The molecule has 0 unspecified atom stereocenters. The maximum Gasteiger partial charge on any atom is 0.265 e. The number of sulfonamides is 1. The van der Waals surface area contributed by atoms with Gasteiger partial charge in [-0.3, -0.25) is 4.79 Å². The van der Waals surface area contributed by atoms with Gasteiger partial charge in [0.05, 0.1) is 9.92 Å². The first kappa shape index (κ1) is 22.2. The second-order valence-corrected chi connectivity index (χ2v) is 14.2. The van der Waals surface area contributed by atoms with Crippen molar-refractivity contribution in [1.82, 2.24) is 9.21 Å². The molecule has 4 rings (SSSR count). The number of carbonyl (C=O) groups excluding carboxylic acids is 1. The third-order valence-electron chi connectivity index (χ3n) is 5.89. The fourth-order valence-electron chi connectivity index (χ4n) is 4.12. The Morgan fingerprint density at radius 2 is 1.77 bits per heavy atom. The molecule has 0 saturated carbocycles. The largest absolute Gasteiger partial charge is 0.337 e. The van der Waals surface area contributed by atoms with E-state index in [0.29, 0.717) is 43.2 Å². The fourth-order valence-corrected chi connectivity index (χ4v) is 9.58. The van der Waals surface area contributed by atoms with Gasteiger partial charge in [0.1, 0.15) is 9.09 Å². The van der Waals surface area contributed by atoms with E-state index in [1.54, 1.807) is 22.4 Å². The Bertz CT molecular complexity index is 1160. The van der Waals surface area contributed by atoms with Gasteiger partial charge in [0.15, 0.2) is 9.84 Å². The number of hydrogen-bond acceptors (Lipinski definition) is 7. The number of rotatable bonds is 4. The molecule has 0 aliphatic carbocycles. The molecular weight excluding hydrogens is 488 g/mol. The zero-order valence-electron chi connectivity index (χ0n) is 16.2. The normalized spacial score (nSPS) is 20.1. The number of sulfone groups is 1. The number of carbonyl (C=O) groups is 1. The number of piperidine rings is 1. The summed E-state index contributed by atoms with van der Waals surface area (Å²) in [6.07, 6.45) is 3.24. The van der Waals surface area contributed by atoms with E-state index in [9.17, 15) is 21.6 Å². The number of hydrogen-bond donors (Lipinski definition) is 0. The van der Waals surface area contributed by atoms with E-state index >= 15 is 0 Å². The summed E-state index contributed by atoms with van der Waals surface area (Å²) in [5.74, 6) is -0.259. The van der Waals surface area contributed by atoms with Gasteiger partial charge >= 0.3 is 0 Å². The molecule has 1 amide bonds. The number of nitrogens with zero attached hydrogens (tertiary/aromatic N) is 2. The summed E-state index contributed by atoms with van der Waals surface area (Å²) in [6.45, 7) is 1.95. The lowest BCUT2D eigenvalue weighted by atomic mass is 9.78. The van der Waals surface area contributed by atoms with E-state index in [0.717, 1.165) is 24.0 Å². The predicted molar refractivity (Wildman–Crippen MR) is 118 cm³/mol. The van der Waals surface area contributed by atoms with Crippen LogP contribution in [0.3, 0.4) is 0 Å². The van der Waals surface area contributed by atoms with Crippen molar-refractivity contribution >= 4 is 60.0 Å². The van der Waals surface area contributed by atoms with Crippen LogP contribution in [0, 0.1) is 5.41 Å². The number of halogens is 1. The van der Waals surface area contributed by atoms with Crippen LogP contribution >= 0.6 is 34.3 Å². The second-order valence-electron chi connectivity index (χ2n) is 7.83. The fraction of sp³-hybridized carbons (Fsp3) is 0.500. The third kappa shape index (κ3) is 3.95. The minimum absolute atomic E-state index is 0.00897. The molecule has 7 nitrogen and oxygen atoms in total. The van der Waals surface area contributed by atoms with Crippen molar-refractivity contribution in [2.75, 3.05) is 32.4 Å². The molecule has 2 aromatic heterocycles. The quantitative estimate of drug-likeness (QED) is 0.632. The highest BCUT2D eigenvalue weighted by Gasteiger charge is 2.44. The zero-order chi connectivity index (χ0) is 21.7. The van der Waals surface area contributed by atoms with Crippen LogP contribution in [-0.4, -0.2) is 64.4 Å². The molecule has 2 aliphatic heterocycles. The van der Waals surface area contributed by atoms with Gasteiger partial charge in [-0.25, -0.2) is 16.8 Å². The van der Waals surface area contributed by atoms with E-state index in [2.05, 4.69) is 0 Å². The van der Waals surface area contributed by atoms with Crippen LogP contribution < -0.4 is 0 Å². The minimum atomic E-state index is -3.49. The maximum absolute atomic E-state index is 13.0. The van der Waals surface area contributed by atoms with Crippen LogP contribution in [0.4, 0.5) is 0 Å². The highest BCUT2D eigenvalue weighted by Crippen LogP contribution is 2.43. The van der Waals surface area contributed by atoms with Gasteiger partial charge in [0.25, 0.3) is 15.9 Å². The lowest BCUT2D eigenvalue weighted by Gasteiger charge is -2.38. The van der Waals surface area contributed by atoms with E-state index in [4.69, 9.17) is 11.6 Å². The van der Waals surface area contributed by atoms with Crippen LogP contribution in [0.2, 0.25) is 5.02 Å². The number of likely N-dealkylation sites (tertiary alicyclic amines) is 1. The maximum atomic E-state index is 13.0. The molecule has 2 aliphatic rings. The van der Waals surface area contributed by atoms with Crippen LogP contribution in [-0.2, 0) is 19.9 Å². The number of thiophene rings is 2. The van der Waals surface area contributed by atoms with Crippen LogP contribution in [0.25, 0.3) is 0 Å². The summed E-state index contributed by atoms with van der Waals surface area (Å²) in [7, 11) is -6.95. The molecule has 2 aromatic rings. The summed E-state index contributed by atoms with van der Waals surface area (Å²) in [5, 5.41) is 3.15. The van der Waals surface area contributed by atoms with Crippen molar-refractivity contribution in [3.05, 3.63) is 32.8 Å². The van der Waals surface area contributed by atoms with Crippen LogP contribution in [0.1, 0.15) is 28.9 Å². The van der Waals surface area contributed by atoms with E-state index in [1.807, 2.05) is 0 Å². The molecule has 0 radical (unpaired) electrons. The van der Waals surface area contributed by atoms with Crippen molar-refractivity contribution in [3.63, 3.8) is 0 Å². The van der Waals surface area contributed by atoms with Crippen LogP contribution in [0.15, 0.2) is 32.0 Å². The van der Waals surface area contributed by atoms with E-state index < -0.39 is 19.9 Å². The summed E-state index contributed by atoms with van der Waals surface area (Å²) >= 11 is 8.45. The lowest BCUT2D eigenvalue weighted by molar-refractivity contribution is 0.0755. The summed E-state index contributed by atoms with van der Waals surface area (Å²) in [6, 6.07) is 3.35. The average molecular weight is 509 g/mol. The minimum Gasteiger partial charge on any atom is -0.337 e. The monoisotopic (exact) mass is 508 g/mol. The first-order chi connectivity index (χ1) is 14.0. The molecule has 4 heterocycles. The molecule has 1 spiro atoms. The Labute approximate surface area is 189 Å². The van der Waals surface area contributed by atoms with Crippen molar-refractivity contribution in [1.29, 1.82) is 0 Å². The summed E-state index contributed by atoms with van der Waals surface area (Å²) in [5.41, 5.74) is -0.111. The van der Waals surface area contributed by atoms with E-state index in [1.165, 1.54) is 21.0 Å². The van der Waals surface area contributed by atoms with Gasteiger partial charge < -0.3 is 4.90 Å². The van der Waals surface area contributed by atoms with Gasteiger partial charge in [-0.1, -0.05) is 17.7 Å². The summed E-state index contributed by atoms with van der Waals surface area (Å²) in [4.78, 5) is 14.9. The molecule has 0 N–H and O–H groups in total. The Kier molecular flexibility index (Phi) is 5.82. The SMILES string of the molecule is CS(=O)(=O)c1csc(C(=O)N2CCC3(CCN(S(=O)(=O)c4cccs4)CC3)C2)c1Cl. The smallest absolute Gasteiger partial charge is 0.265 e. The first-order valence-corrected chi connectivity index (χ1v) is 14.8. The topological polar surface area (TPSA) is 91.8 Å². The Morgan fingerprint density at radius 3 is 2.33 bits per heavy atom. The average Bonchev–Trinajstić information content (AvgIpc) is 3.41. The van der Waals surface area contributed by atoms with Gasteiger partial charge in [0, 0.05) is 37.8 Å². The van der Waals surface area contributed by atoms with Gasteiger partial charge in [-0.15, -0.1) is 22.7 Å². The zero-order valence-corrected chi connectivity index (χ0v) is 20.2. The Morgan fingerprint density at radius 1 is 1.10 bits per heavy atom. The third-order valence-corrected chi connectivity index (χ3v) is 12.0. The van der Waals surface area contributed by atoms with Gasteiger partial charge in [-0.05, 0) is 36.1 Å².